The van der Waals surface area contributed by atoms with Crippen LogP contribution in [0.3, 0.4) is 0 Å². The molecule has 1 atom stereocenters. The molecule has 4 heteroatoms. The molecule has 0 saturated carbocycles. The van der Waals surface area contributed by atoms with E-state index in [-0.39, 0.29) is 19.1 Å². The molecule has 0 spiro atoms. The second-order valence-corrected chi connectivity index (χ2v) is 3.97. The highest BCUT2D eigenvalue weighted by atomic mass is 16.5. The summed E-state index contributed by atoms with van der Waals surface area (Å²) in [7, 11) is 0. The van der Waals surface area contributed by atoms with Crippen LogP contribution in [0.2, 0.25) is 0 Å². The topological polar surface area (TPSA) is 58.6 Å². The summed E-state index contributed by atoms with van der Waals surface area (Å²) in [6.45, 7) is 4.09. The Hall–Kier alpha value is -1.55. The molecule has 1 amide bonds. The molecule has 0 aromatic heterocycles. The first-order chi connectivity index (χ1) is 8.11. The Kier molecular flexibility index (Phi) is 5.49. The van der Waals surface area contributed by atoms with E-state index in [4.69, 9.17) is 4.74 Å². The molecule has 4 nitrogen and oxygen atoms in total. The van der Waals surface area contributed by atoms with Crippen LogP contribution >= 0.6 is 0 Å². The second kappa shape index (κ2) is 6.91. The molecule has 1 unspecified atom stereocenters. The largest absolute Gasteiger partial charge is 0.484 e. The van der Waals surface area contributed by atoms with Gasteiger partial charge in [0, 0.05) is 6.54 Å². The summed E-state index contributed by atoms with van der Waals surface area (Å²) in [4.78, 5) is 11.4. The predicted molar refractivity (Wildman–Crippen MR) is 66.0 cm³/mol. The molecule has 1 aromatic carbocycles. The van der Waals surface area contributed by atoms with Crippen LogP contribution in [-0.4, -0.2) is 30.3 Å². The van der Waals surface area contributed by atoms with E-state index in [0.717, 1.165) is 5.56 Å². The van der Waals surface area contributed by atoms with Crippen molar-refractivity contribution in [2.75, 3.05) is 13.2 Å². The lowest BCUT2D eigenvalue weighted by atomic mass is 10.2. The van der Waals surface area contributed by atoms with Gasteiger partial charge in [0.25, 0.3) is 5.91 Å². The van der Waals surface area contributed by atoms with Crippen LogP contribution in [0, 0.1) is 6.92 Å². The standard InChI is InChI=1S/C13H19NO3/c1-3-11(15)8-14-13(16)9-17-12-6-4-10(2)5-7-12/h4-7,11,15H,3,8-9H2,1-2H3,(H,14,16). The van der Waals surface area contributed by atoms with Gasteiger partial charge in [-0.25, -0.2) is 0 Å². The molecule has 1 rings (SSSR count). The third kappa shape index (κ3) is 5.36. The zero-order valence-electron chi connectivity index (χ0n) is 10.3. The van der Waals surface area contributed by atoms with Crippen LogP contribution in [0.1, 0.15) is 18.9 Å². The van der Waals surface area contributed by atoms with Crippen molar-refractivity contribution in [3.63, 3.8) is 0 Å². The molecular weight excluding hydrogens is 218 g/mol. The maximum atomic E-state index is 11.4. The summed E-state index contributed by atoms with van der Waals surface area (Å²) in [5.41, 5.74) is 1.15. The maximum absolute atomic E-state index is 11.4. The van der Waals surface area contributed by atoms with E-state index in [1.165, 1.54) is 0 Å². The van der Waals surface area contributed by atoms with E-state index in [2.05, 4.69) is 5.32 Å². The summed E-state index contributed by atoms with van der Waals surface area (Å²) in [5.74, 6) is 0.444. The zero-order chi connectivity index (χ0) is 12.7. The minimum atomic E-state index is -0.488. The van der Waals surface area contributed by atoms with Gasteiger partial charge in [-0.05, 0) is 25.5 Å². The third-order valence-corrected chi connectivity index (χ3v) is 2.40. The number of aliphatic hydroxyl groups excluding tert-OH is 1. The number of hydrogen-bond acceptors (Lipinski definition) is 3. The Balaban J connectivity index is 2.26. The Morgan fingerprint density at radius 3 is 2.65 bits per heavy atom. The number of aryl methyl sites for hydroxylation is 1. The van der Waals surface area contributed by atoms with Crippen molar-refractivity contribution < 1.29 is 14.6 Å². The molecule has 0 radical (unpaired) electrons. The third-order valence-electron chi connectivity index (χ3n) is 2.40. The first kappa shape index (κ1) is 13.5. The van der Waals surface area contributed by atoms with Crippen molar-refractivity contribution >= 4 is 5.91 Å². The van der Waals surface area contributed by atoms with Crippen LogP contribution in [-0.2, 0) is 4.79 Å². The normalized spacial score (nSPS) is 11.9. The van der Waals surface area contributed by atoms with E-state index in [1.54, 1.807) is 0 Å². The van der Waals surface area contributed by atoms with E-state index in [9.17, 15) is 9.90 Å². The van der Waals surface area contributed by atoms with Crippen LogP contribution in [0.15, 0.2) is 24.3 Å². The van der Waals surface area contributed by atoms with Gasteiger partial charge in [0.1, 0.15) is 5.75 Å². The second-order valence-electron chi connectivity index (χ2n) is 3.97. The van der Waals surface area contributed by atoms with Gasteiger partial charge in [-0.1, -0.05) is 24.6 Å². The monoisotopic (exact) mass is 237 g/mol. The lowest BCUT2D eigenvalue weighted by molar-refractivity contribution is -0.123. The lowest BCUT2D eigenvalue weighted by Gasteiger charge is -2.10. The van der Waals surface area contributed by atoms with Gasteiger partial charge in [0.15, 0.2) is 6.61 Å². The number of rotatable bonds is 6. The molecule has 0 heterocycles. The fraction of sp³-hybridized carbons (Fsp3) is 0.462. The highest BCUT2D eigenvalue weighted by Crippen LogP contribution is 2.10. The molecule has 94 valence electrons. The number of nitrogens with one attached hydrogen (secondary N) is 1. The molecule has 0 fully saturated rings. The van der Waals surface area contributed by atoms with Crippen LogP contribution in [0.5, 0.6) is 5.75 Å². The van der Waals surface area contributed by atoms with E-state index < -0.39 is 6.10 Å². The Morgan fingerprint density at radius 1 is 1.41 bits per heavy atom. The first-order valence-corrected chi connectivity index (χ1v) is 5.76. The average Bonchev–Trinajstić information content (AvgIpc) is 2.35. The smallest absolute Gasteiger partial charge is 0.258 e. The average molecular weight is 237 g/mol. The summed E-state index contributed by atoms with van der Waals surface area (Å²) >= 11 is 0. The number of aliphatic hydroxyl groups is 1. The van der Waals surface area contributed by atoms with Gasteiger partial charge < -0.3 is 15.2 Å². The van der Waals surface area contributed by atoms with Crippen LogP contribution in [0.4, 0.5) is 0 Å². The van der Waals surface area contributed by atoms with Crippen LogP contribution < -0.4 is 10.1 Å². The predicted octanol–water partition coefficient (Wildman–Crippen LogP) is 1.26. The Morgan fingerprint density at radius 2 is 2.06 bits per heavy atom. The van der Waals surface area contributed by atoms with E-state index in [1.807, 2.05) is 38.1 Å². The molecule has 0 aliphatic heterocycles. The Bertz CT molecular complexity index is 348. The molecule has 1 aromatic rings. The van der Waals surface area contributed by atoms with Crippen molar-refractivity contribution in [3.8, 4) is 5.75 Å². The number of benzene rings is 1. The number of carbonyl (C=O) groups is 1. The minimum Gasteiger partial charge on any atom is -0.484 e. The summed E-state index contributed by atoms with van der Waals surface area (Å²) < 4.78 is 5.30. The quantitative estimate of drug-likeness (QED) is 0.783. The molecule has 17 heavy (non-hydrogen) atoms. The molecule has 2 N–H and O–H groups in total. The maximum Gasteiger partial charge on any atom is 0.258 e. The van der Waals surface area contributed by atoms with Crippen LogP contribution in [0.25, 0.3) is 0 Å². The summed E-state index contributed by atoms with van der Waals surface area (Å²) in [5, 5.41) is 11.9. The van der Waals surface area contributed by atoms with Gasteiger partial charge in [0.05, 0.1) is 6.10 Å². The summed E-state index contributed by atoms with van der Waals surface area (Å²) in [6, 6.07) is 7.50. The van der Waals surface area contributed by atoms with Gasteiger partial charge >= 0.3 is 0 Å². The van der Waals surface area contributed by atoms with Crippen molar-refractivity contribution in [2.45, 2.75) is 26.4 Å². The SMILES string of the molecule is CCC(O)CNC(=O)COc1ccc(C)cc1. The highest BCUT2D eigenvalue weighted by molar-refractivity contribution is 5.77. The van der Waals surface area contributed by atoms with Crippen molar-refractivity contribution in [1.82, 2.24) is 5.32 Å². The first-order valence-electron chi connectivity index (χ1n) is 5.76. The molecule has 0 bridgehead atoms. The molecular formula is C13H19NO3. The van der Waals surface area contributed by atoms with Gasteiger partial charge in [0.2, 0.25) is 0 Å². The van der Waals surface area contributed by atoms with Gasteiger partial charge in [-0.15, -0.1) is 0 Å². The molecule has 0 aliphatic carbocycles. The number of amides is 1. The van der Waals surface area contributed by atoms with E-state index in [0.29, 0.717) is 12.2 Å². The number of hydrogen-bond donors (Lipinski definition) is 2. The number of ether oxygens (including phenoxy) is 1. The zero-order valence-corrected chi connectivity index (χ0v) is 10.3. The Labute approximate surface area is 102 Å². The van der Waals surface area contributed by atoms with Crippen molar-refractivity contribution in [3.05, 3.63) is 29.8 Å². The fourth-order valence-corrected chi connectivity index (χ4v) is 1.21. The van der Waals surface area contributed by atoms with Gasteiger partial charge in [-0.2, -0.15) is 0 Å². The van der Waals surface area contributed by atoms with Gasteiger partial charge in [-0.3, -0.25) is 4.79 Å². The minimum absolute atomic E-state index is 0.0283. The van der Waals surface area contributed by atoms with Crippen molar-refractivity contribution in [2.24, 2.45) is 0 Å². The molecule has 0 aliphatic rings. The van der Waals surface area contributed by atoms with E-state index >= 15 is 0 Å². The number of carbonyl (C=O) groups excluding carboxylic acids is 1. The lowest BCUT2D eigenvalue weighted by Crippen LogP contribution is -2.35. The highest BCUT2D eigenvalue weighted by Gasteiger charge is 2.05. The van der Waals surface area contributed by atoms with Crippen molar-refractivity contribution in [1.29, 1.82) is 0 Å². The fourth-order valence-electron chi connectivity index (χ4n) is 1.21. The summed E-state index contributed by atoms with van der Waals surface area (Å²) in [6.07, 6.45) is 0.136. The molecule has 0 saturated heterocycles.